The highest BCUT2D eigenvalue weighted by atomic mass is 35.5. The Hall–Kier alpha value is -2.48. The van der Waals surface area contributed by atoms with E-state index in [-0.39, 0.29) is 5.82 Å². The molecule has 0 spiro atoms. The number of benzene rings is 2. The van der Waals surface area contributed by atoms with E-state index in [0.717, 1.165) is 31.9 Å². The first-order chi connectivity index (χ1) is 14.6. The second kappa shape index (κ2) is 9.55. The lowest BCUT2D eigenvalue weighted by Crippen LogP contribution is -2.49. The van der Waals surface area contributed by atoms with Crippen LogP contribution < -0.4 is 5.32 Å². The summed E-state index contributed by atoms with van der Waals surface area (Å²) < 4.78 is 15.9. The van der Waals surface area contributed by atoms with Crippen molar-refractivity contribution in [3.63, 3.8) is 0 Å². The molecule has 0 atom stereocenters. The number of rotatable bonds is 5. The molecule has 0 amide bonds. The van der Waals surface area contributed by atoms with Gasteiger partial charge in [-0.15, -0.1) is 0 Å². The Morgan fingerprint density at radius 3 is 2.53 bits per heavy atom. The Balaban J connectivity index is 1.28. The molecule has 0 unspecified atom stereocenters. The van der Waals surface area contributed by atoms with Crippen LogP contribution in [0.2, 0.25) is 5.02 Å². The molecule has 156 valence electrons. The van der Waals surface area contributed by atoms with Gasteiger partial charge in [0.25, 0.3) is 0 Å². The predicted molar refractivity (Wildman–Crippen MR) is 122 cm³/mol. The molecule has 8 heteroatoms. The van der Waals surface area contributed by atoms with Crippen molar-refractivity contribution in [2.24, 2.45) is 0 Å². The molecule has 1 N–H and O–H groups in total. The highest BCUT2D eigenvalue weighted by Crippen LogP contribution is 2.21. The molecule has 3 aromatic rings. The topological polar surface area (TPSA) is 36.3 Å². The zero-order valence-electron chi connectivity index (χ0n) is 16.5. The van der Waals surface area contributed by atoms with Crippen LogP contribution in [0, 0.1) is 5.82 Å². The number of hydrogen-bond donors (Lipinski definition) is 1. The third-order valence-electron chi connectivity index (χ3n) is 5.17. The minimum absolute atomic E-state index is 0.255. The second-order valence-corrected chi connectivity index (χ2v) is 8.10. The lowest BCUT2D eigenvalue weighted by molar-refractivity contribution is 0.175. The average Bonchev–Trinajstić information content (AvgIpc) is 3.18. The van der Waals surface area contributed by atoms with Gasteiger partial charge in [-0.2, -0.15) is 5.10 Å². The van der Waals surface area contributed by atoms with E-state index in [0.29, 0.717) is 28.8 Å². The average molecular weight is 444 g/mol. The molecule has 4 rings (SSSR count). The fourth-order valence-corrected chi connectivity index (χ4v) is 4.03. The molecule has 1 aliphatic rings. The van der Waals surface area contributed by atoms with Gasteiger partial charge in [0.2, 0.25) is 0 Å². The van der Waals surface area contributed by atoms with E-state index in [1.165, 1.54) is 11.6 Å². The third-order valence-corrected chi connectivity index (χ3v) is 5.89. The molecule has 1 aliphatic heterocycles. The van der Waals surface area contributed by atoms with Crippen LogP contribution >= 0.6 is 23.8 Å². The first-order valence-corrected chi connectivity index (χ1v) is 10.6. The van der Waals surface area contributed by atoms with Crippen molar-refractivity contribution in [2.75, 3.05) is 31.5 Å². The highest BCUT2D eigenvalue weighted by Gasteiger charge is 2.21. The molecule has 0 saturated carbocycles. The number of hydrogen-bond acceptors (Lipinski definition) is 3. The van der Waals surface area contributed by atoms with Gasteiger partial charge in [0.1, 0.15) is 5.82 Å². The van der Waals surface area contributed by atoms with Crippen LogP contribution in [-0.2, 0) is 13.1 Å². The zero-order chi connectivity index (χ0) is 20.9. The number of halogens is 2. The van der Waals surface area contributed by atoms with E-state index in [1.807, 2.05) is 29.1 Å². The van der Waals surface area contributed by atoms with Gasteiger partial charge >= 0.3 is 0 Å². The van der Waals surface area contributed by atoms with Crippen molar-refractivity contribution in [1.82, 2.24) is 19.6 Å². The van der Waals surface area contributed by atoms with Crippen LogP contribution in [0.5, 0.6) is 0 Å². The van der Waals surface area contributed by atoms with Crippen LogP contribution in [0.3, 0.4) is 0 Å². The molecule has 1 fully saturated rings. The maximum atomic E-state index is 14.0. The van der Waals surface area contributed by atoms with Gasteiger partial charge < -0.3 is 10.2 Å². The van der Waals surface area contributed by atoms with Crippen LogP contribution in [0.1, 0.15) is 11.1 Å². The minimum atomic E-state index is -0.255. The quantitative estimate of drug-likeness (QED) is 0.597. The Morgan fingerprint density at radius 1 is 1.03 bits per heavy atom. The third kappa shape index (κ3) is 5.16. The SMILES string of the molecule is Fc1cccc(Cl)c1CN1CCN(C(=S)Nc2cnn(Cc3ccccc3)c2)CC1. The Bertz CT molecular complexity index is 982. The van der Waals surface area contributed by atoms with E-state index in [4.69, 9.17) is 23.8 Å². The summed E-state index contributed by atoms with van der Waals surface area (Å²) in [5.74, 6) is -0.255. The molecule has 2 heterocycles. The molecule has 30 heavy (non-hydrogen) atoms. The maximum absolute atomic E-state index is 14.0. The van der Waals surface area contributed by atoms with E-state index in [1.54, 1.807) is 18.3 Å². The Kier molecular flexibility index (Phi) is 6.62. The van der Waals surface area contributed by atoms with Crippen LogP contribution in [0.25, 0.3) is 0 Å². The van der Waals surface area contributed by atoms with Gasteiger partial charge in [-0.1, -0.05) is 48.0 Å². The van der Waals surface area contributed by atoms with Gasteiger partial charge in [-0.3, -0.25) is 9.58 Å². The van der Waals surface area contributed by atoms with Gasteiger partial charge in [-0.05, 0) is 29.9 Å². The molecule has 0 radical (unpaired) electrons. The van der Waals surface area contributed by atoms with Gasteiger partial charge in [-0.25, -0.2) is 4.39 Å². The highest BCUT2D eigenvalue weighted by molar-refractivity contribution is 7.80. The zero-order valence-corrected chi connectivity index (χ0v) is 18.0. The number of anilines is 1. The molecule has 5 nitrogen and oxygen atoms in total. The number of nitrogens with one attached hydrogen (secondary N) is 1. The minimum Gasteiger partial charge on any atom is -0.346 e. The van der Waals surface area contributed by atoms with Gasteiger partial charge in [0, 0.05) is 49.5 Å². The Morgan fingerprint density at radius 2 is 1.80 bits per heavy atom. The number of aromatic nitrogens is 2. The van der Waals surface area contributed by atoms with Crippen LogP contribution in [-0.4, -0.2) is 50.9 Å². The fraction of sp³-hybridized carbons (Fsp3) is 0.273. The smallest absolute Gasteiger partial charge is 0.173 e. The summed E-state index contributed by atoms with van der Waals surface area (Å²) in [6.45, 7) is 4.35. The molecule has 0 bridgehead atoms. The monoisotopic (exact) mass is 443 g/mol. The van der Waals surface area contributed by atoms with Gasteiger partial charge in [0.05, 0.1) is 18.4 Å². The van der Waals surface area contributed by atoms with Crippen molar-refractivity contribution in [2.45, 2.75) is 13.1 Å². The second-order valence-electron chi connectivity index (χ2n) is 7.31. The van der Waals surface area contributed by atoms with Crippen molar-refractivity contribution >= 4 is 34.6 Å². The molecule has 1 saturated heterocycles. The first kappa shape index (κ1) is 20.8. The normalized spacial score (nSPS) is 14.7. The van der Waals surface area contributed by atoms with E-state index >= 15 is 0 Å². The van der Waals surface area contributed by atoms with E-state index < -0.39 is 0 Å². The van der Waals surface area contributed by atoms with Crippen molar-refractivity contribution in [1.29, 1.82) is 0 Å². The lowest BCUT2D eigenvalue weighted by atomic mass is 10.2. The predicted octanol–water partition coefficient (Wildman–Crippen LogP) is 4.24. The largest absolute Gasteiger partial charge is 0.346 e. The molecule has 1 aromatic heterocycles. The Labute approximate surface area is 186 Å². The summed E-state index contributed by atoms with van der Waals surface area (Å²) in [4.78, 5) is 4.32. The summed E-state index contributed by atoms with van der Waals surface area (Å²) >= 11 is 11.7. The van der Waals surface area contributed by atoms with Crippen molar-refractivity contribution in [3.05, 3.63) is 82.9 Å². The summed E-state index contributed by atoms with van der Waals surface area (Å²) in [6, 6.07) is 15.0. The standard InChI is InChI=1S/C22H23ClFN5S/c23-20-7-4-8-21(24)19(20)16-27-9-11-28(12-10-27)22(30)26-18-13-25-29(15-18)14-17-5-2-1-3-6-17/h1-8,13,15H,9-12,14,16H2,(H,26,30). The number of nitrogens with zero attached hydrogens (tertiary/aromatic N) is 4. The molecule has 2 aromatic carbocycles. The molecular weight excluding hydrogens is 421 g/mol. The van der Waals surface area contributed by atoms with Crippen molar-refractivity contribution in [3.8, 4) is 0 Å². The van der Waals surface area contributed by atoms with E-state index in [9.17, 15) is 4.39 Å². The summed E-state index contributed by atoms with van der Waals surface area (Å²) in [6.07, 6.45) is 3.74. The van der Waals surface area contributed by atoms with Gasteiger partial charge in [0.15, 0.2) is 5.11 Å². The van der Waals surface area contributed by atoms with Crippen LogP contribution in [0.4, 0.5) is 10.1 Å². The molecule has 0 aliphatic carbocycles. The lowest BCUT2D eigenvalue weighted by Gasteiger charge is -2.36. The number of thiocarbonyl (C=S) groups is 1. The summed E-state index contributed by atoms with van der Waals surface area (Å²) in [7, 11) is 0. The first-order valence-electron chi connectivity index (χ1n) is 9.86. The maximum Gasteiger partial charge on any atom is 0.173 e. The van der Waals surface area contributed by atoms with Crippen molar-refractivity contribution < 1.29 is 4.39 Å². The summed E-state index contributed by atoms with van der Waals surface area (Å²) in [5, 5.41) is 8.83. The molecular formula is C22H23ClFN5S. The summed E-state index contributed by atoms with van der Waals surface area (Å²) in [5.41, 5.74) is 2.62. The van der Waals surface area contributed by atoms with E-state index in [2.05, 4.69) is 32.3 Å². The fourth-order valence-electron chi connectivity index (χ4n) is 3.50. The van der Waals surface area contributed by atoms with Crippen LogP contribution in [0.15, 0.2) is 60.9 Å². The number of piperazine rings is 1.